The van der Waals surface area contributed by atoms with Crippen LogP contribution in [0.2, 0.25) is 0 Å². The normalized spacial score (nSPS) is 16.1. The first-order valence-corrected chi connectivity index (χ1v) is 10.0. The first kappa shape index (κ1) is 24.9. The molecule has 0 amide bonds. The Hall–Kier alpha value is -2.39. The number of halogens is 2. The Morgan fingerprint density at radius 1 is 1.42 bits per heavy atom. The van der Waals surface area contributed by atoms with Gasteiger partial charge in [0.25, 0.3) is 0 Å². The third-order valence-electron chi connectivity index (χ3n) is 5.25. The lowest BCUT2D eigenvalue weighted by atomic mass is 10.1. The van der Waals surface area contributed by atoms with Crippen molar-refractivity contribution in [3.05, 3.63) is 41.3 Å². The molecular formula is C21H29FIN7O. The SMILES string of the molecule is CN=C(NCCCc1nn(-c2ccc(F)cc2)c(N)c1C#N)N1CCC(COC)C1.I. The van der Waals surface area contributed by atoms with Crippen LogP contribution < -0.4 is 11.1 Å². The first-order chi connectivity index (χ1) is 14.6. The molecule has 3 N–H and O–H groups in total. The van der Waals surface area contributed by atoms with Crippen molar-refractivity contribution in [3.8, 4) is 11.8 Å². The lowest BCUT2D eigenvalue weighted by Crippen LogP contribution is -2.40. The lowest BCUT2D eigenvalue weighted by molar-refractivity contribution is 0.157. The second-order valence-corrected chi connectivity index (χ2v) is 7.34. The maximum Gasteiger partial charge on any atom is 0.193 e. The van der Waals surface area contributed by atoms with E-state index in [9.17, 15) is 9.65 Å². The summed E-state index contributed by atoms with van der Waals surface area (Å²) in [6.07, 6.45) is 2.46. The zero-order chi connectivity index (χ0) is 21.5. The van der Waals surface area contributed by atoms with Gasteiger partial charge in [-0.05, 0) is 43.5 Å². The van der Waals surface area contributed by atoms with Gasteiger partial charge in [-0.1, -0.05) is 0 Å². The summed E-state index contributed by atoms with van der Waals surface area (Å²) in [6.45, 7) is 3.37. The van der Waals surface area contributed by atoms with Crippen LogP contribution in [0.5, 0.6) is 0 Å². The zero-order valence-electron chi connectivity index (χ0n) is 17.8. The van der Waals surface area contributed by atoms with Crippen molar-refractivity contribution in [3.63, 3.8) is 0 Å². The van der Waals surface area contributed by atoms with Crippen molar-refractivity contribution in [1.82, 2.24) is 20.0 Å². The topological polar surface area (TPSA) is 104 Å². The predicted molar refractivity (Wildman–Crippen MR) is 129 cm³/mol. The number of likely N-dealkylation sites (tertiary alicyclic amines) is 1. The highest BCUT2D eigenvalue weighted by atomic mass is 127. The average Bonchev–Trinajstić information content (AvgIpc) is 3.33. The Kier molecular flexibility index (Phi) is 9.51. The minimum atomic E-state index is -0.337. The Bertz CT molecular complexity index is 923. The number of methoxy groups -OCH3 is 1. The number of hydrogen-bond acceptors (Lipinski definition) is 5. The minimum Gasteiger partial charge on any atom is -0.384 e. The van der Waals surface area contributed by atoms with Gasteiger partial charge in [0.2, 0.25) is 0 Å². The summed E-state index contributed by atoms with van der Waals surface area (Å²) in [4.78, 5) is 6.62. The van der Waals surface area contributed by atoms with Gasteiger partial charge in [-0.3, -0.25) is 4.99 Å². The van der Waals surface area contributed by atoms with Crippen molar-refractivity contribution in [2.75, 3.05) is 46.1 Å². The summed E-state index contributed by atoms with van der Waals surface area (Å²) in [5.74, 6) is 1.34. The Labute approximate surface area is 199 Å². The molecule has 1 saturated heterocycles. The molecule has 10 heteroatoms. The van der Waals surface area contributed by atoms with E-state index >= 15 is 0 Å². The molecule has 1 aromatic carbocycles. The summed E-state index contributed by atoms with van der Waals surface area (Å²) >= 11 is 0. The number of hydrogen-bond donors (Lipinski definition) is 2. The molecule has 0 radical (unpaired) electrons. The van der Waals surface area contributed by atoms with Crippen LogP contribution in [-0.4, -0.2) is 61.0 Å². The Morgan fingerprint density at radius 2 is 2.16 bits per heavy atom. The molecule has 1 unspecified atom stereocenters. The number of rotatable bonds is 7. The Morgan fingerprint density at radius 3 is 2.81 bits per heavy atom. The molecule has 1 aliphatic heterocycles. The van der Waals surface area contributed by atoms with Crippen molar-refractivity contribution >= 4 is 35.8 Å². The molecule has 168 valence electrons. The minimum absolute atomic E-state index is 0. The molecule has 1 fully saturated rings. The lowest BCUT2D eigenvalue weighted by Gasteiger charge is -2.21. The molecule has 1 aliphatic rings. The number of aryl methyl sites for hydroxylation is 1. The van der Waals surface area contributed by atoms with E-state index in [0.29, 0.717) is 35.8 Å². The van der Waals surface area contributed by atoms with Crippen LogP contribution in [0, 0.1) is 23.1 Å². The molecular weight excluding hydrogens is 512 g/mol. The fraction of sp³-hybridized carbons (Fsp3) is 0.476. The molecule has 8 nitrogen and oxygen atoms in total. The zero-order valence-corrected chi connectivity index (χ0v) is 20.2. The number of nitriles is 1. The number of nitrogens with zero attached hydrogens (tertiary/aromatic N) is 5. The van der Waals surface area contributed by atoms with Gasteiger partial charge < -0.3 is 20.7 Å². The predicted octanol–water partition coefficient (Wildman–Crippen LogP) is 2.56. The second kappa shape index (κ2) is 11.9. The maximum atomic E-state index is 13.2. The highest BCUT2D eigenvalue weighted by Gasteiger charge is 2.24. The van der Waals surface area contributed by atoms with E-state index in [1.807, 2.05) is 0 Å². The van der Waals surface area contributed by atoms with Gasteiger partial charge >= 0.3 is 0 Å². The summed E-state index contributed by atoms with van der Waals surface area (Å²) in [6, 6.07) is 7.99. The first-order valence-electron chi connectivity index (χ1n) is 10.0. The summed E-state index contributed by atoms with van der Waals surface area (Å²) in [7, 11) is 3.51. The van der Waals surface area contributed by atoms with Gasteiger partial charge in [-0.25, -0.2) is 9.07 Å². The van der Waals surface area contributed by atoms with Gasteiger partial charge in [0.15, 0.2) is 5.96 Å². The molecule has 0 saturated carbocycles. The van der Waals surface area contributed by atoms with Gasteiger partial charge in [0.1, 0.15) is 23.3 Å². The van der Waals surface area contributed by atoms with E-state index in [-0.39, 0.29) is 35.6 Å². The standard InChI is InChI=1S/C21H28FN7O.HI/c1-25-21(28-11-9-15(13-28)14-30-2)26-10-3-4-19-18(12-23)20(24)29(27-19)17-7-5-16(22)6-8-17;/h5-8,15H,3-4,9-11,13-14,24H2,1-2H3,(H,25,26);1H. The van der Waals surface area contributed by atoms with Crippen molar-refractivity contribution in [1.29, 1.82) is 5.26 Å². The van der Waals surface area contributed by atoms with E-state index in [2.05, 4.69) is 26.4 Å². The summed E-state index contributed by atoms with van der Waals surface area (Å²) < 4.78 is 19.9. The van der Waals surface area contributed by atoms with Crippen LogP contribution in [0.3, 0.4) is 0 Å². The number of anilines is 1. The van der Waals surface area contributed by atoms with E-state index in [4.69, 9.17) is 10.5 Å². The molecule has 2 heterocycles. The maximum absolute atomic E-state index is 13.2. The third-order valence-corrected chi connectivity index (χ3v) is 5.25. The van der Waals surface area contributed by atoms with Crippen molar-refractivity contribution in [2.24, 2.45) is 10.9 Å². The molecule has 1 aromatic heterocycles. The van der Waals surface area contributed by atoms with Crippen LogP contribution in [0.4, 0.5) is 10.2 Å². The number of aliphatic imine (C=N–C) groups is 1. The fourth-order valence-corrected chi connectivity index (χ4v) is 3.74. The van der Waals surface area contributed by atoms with Gasteiger partial charge in [-0.15, -0.1) is 24.0 Å². The number of aromatic nitrogens is 2. The Balaban J connectivity index is 0.00000341. The number of guanidine groups is 1. The molecule has 31 heavy (non-hydrogen) atoms. The summed E-state index contributed by atoms with van der Waals surface area (Å²) in [5.41, 5.74) is 7.73. The van der Waals surface area contributed by atoms with Gasteiger partial charge in [0, 0.05) is 39.7 Å². The fourth-order valence-electron chi connectivity index (χ4n) is 3.74. The highest BCUT2D eigenvalue weighted by molar-refractivity contribution is 14.0. The number of benzene rings is 1. The number of nitrogens with two attached hydrogens (primary N) is 1. The molecule has 0 bridgehead atoms. The smallest absolute Gasteiger partial charge is 0.193 e. The summed E-state index contributed by atoms with van der Waals surface area (Å²) in [5, 5.41) is 17.4. The second-order valence-electron chi connectivity index (χ2n) is 7.34. The highest BCUT2D eigenvalue weighted by Crippen LogP contribution is 2.22. The van der Waals surface area contributed by atoms with Crippen LogP contribution in [0.15, 0.2) is 29.3 Å². The largest absolute Gasteiger partial charge is 0.384 e. The van der Waals surface area contributed by atoms with Crippen LogP contribution in [-0.2, 0) is 11.2 Å². The molecule has 3 rings (SSSR count). The van der Waals surface area contributed by atoms with Crippen LogP contribution in [0.1, 0.15) is 24.1 Å². The third kappa shape index (κ3) is 6.07. The molecule has 2 aromatic rings. The van der Waals surface area contributed by atoms with Gasteiger partial charge in [-0.2, -0.15) is 10.4 Å². The van der Waals surface area contributed by atoms with Crippen LogP contribution >= 0.6 is 24.0 Å². The van der Waals surface area contributed by atoms with Gasteiger partial charge in [0.05, 0.1) is 18.0 Å². The molecule has 1 atom stereocenters. The number of nitrogen functional groups attached to an aromatic ring is 1. The monoisotopic (exact) mass is 541 g/mol. The van der Waals surface area contributed by atoms with E-state index in [0.717, 1.165) is 38.5 Å². The average molecular weight is 541 g/mol. The molecule has 0 spiro atoms. The van der Waals surface area contributed by atoms with Crippen molar-refractivity contribution in [2.45, 2.75) is 19.3 Å². The quantitative estimate of drug-likeness (QED) is 0.242. The molecule has 0 aliphatic carbocycles. The van der Waals surface area contributed by atoms with Crippen molar-refractivity contribution < 1.29 is 9.13 Å². The van der Waals surface area contributed by atoms with Crippen LogP contribution in [0.25, 0.3) is 5.69 Å². The number of ether oxygens (including phenoxy) is 1. The van der Waals surface area contributed by atoms with E-state index in [1.54, 1.807) is 26.3 Å². The van der Waals surface area contributed by atoms with E-state index in [1.165, 1.54) is 16.8 Å². The van der Waals surface area contributed by atoms with E-state index < -0.39 is 0 Å². The number of nitrogens with one attached hydrogen (secondary N) is 1.